The average Bonchev–Trinajstić information content (AvgIpc) is 3.22. The van der Waals surface area contributed by atoms with E-state index in [0.717, 1.165) is 22.1 Å². The molecule has 1 N–H and O–H groups in total. The molecule has 0 saturated carbocycles. The van der Waals surface area contributed by atoms with Crippen molar-refractivity contribution in [2.75, 3.05) is 24.3 Å². The molecule has 0 saturated heterocycles. The smallest absolute Gasteiger partial charge is 0.255 e. The molecule has 1 amide bonds. The van der Waals surface area contributed by atoms with E-state index in [-0.39, 0.29) is 5.91 Å². The highest BCUT2D eigenvalue weighted by Gasteiger charge is 2.09. The van der Waals surface area contributed by atoms with E-state index in [1.54, 1.807) is 0 Å². The fraction of sp³-hybridized carbons (Fsp3) is 0.100. The van der Waals surface area contributed by atoms with E-state index in [4.69, 9.17) is 0 Å². The van der Waals surface area contributed by atoms with Gasteiger partial charge in [-0.3, -0.25) is 4.79 Å². The number of hydrogen-bond acceptors (Lipinski definition) is 5. The number of anilines is 2. The highest BCUT2D eigenvalue weighted by Crippen LogP contribution is 2.23. The normalized spacial score (nSPS) is 10.7. The lowest BCUT2D eigenvalue weighted by molar-refractivity contribution is 0.102. The fourth-order valence-corrected chi connectivity index (χ4v) is 2.86. The first-order chi connectivity index (χ1) is 13.1. The molecule has 0 radical (unpaired) electrons. The molecular weight excluding hydrogens is 340 g/mol. The zero-order chi connectivity index (χ0) is 18.8. The van der Waals surface area contributed by atoms with Crippen LogP contribution < -0.4 is 10.2 Å². The highest BCUT2D eigenvalue weighted by molar-refractivity contribution is 6.06. The van der Waals surface area contributed by atoms with E-state index in [1.165, 1.54) is 11.0 Å². The van der Waals surface area contributed by atoms with Crippen molar-refractivity contribution in [3.8, 4) is 5.69 Å². The Balaban J connectivity index is 1.58. The second-order valence-electron chi connectivity index (χ2n) is 6.40. The fourth-order valence-electron chi connectivity index (χ4n) is 2.86. The Morgan fingerprint density at radius 3 is 2.59 bits per heavy atom. The molecule has 134 valence electrons. The van der Waals surface area contributed by atoms with Gasteiger partial charge in [-0.05, 0) is 63.7 Å². The monoisotopic (exact) mass is 358 g/mol. The maximum absolute atomic E-state index is 12.7. The molecule has 4 rings (SSSR count). The zero-order valence-corrected chi connectivity index (χ0v) is 15.0. The minimum absolute atomic E-state index is 0.164. The van der Waals surface area contributed by atoms with Gasteiger partial charge < -0.3 is 10.2 Å². The summed E-state index contributed by atoms with van der Waals surface area (Å²) in [4.78, 5) is 14.7. The molecule has 0 bridgehead atoms. The van der Waals surface area contributed by atoms with Gasteiger partial charge in [0, 0.05) is 31.0 Å². The van der Waals surface area contributed by atoms with Gasteiger partial charge in [-0.1, -0.05) is 18.2 Å². The van der Waals surface area contributed by atoms with Crippen molar-refractivity contribution in [1.82, 2.24) is 20.2 Å². The van der Waals surface area contributed by atoms with E-state index in [1.807, 2.05) is 68.7 Å². The molecule has 0 aliphatic rings. The summed E-state index contributed by atoms with van der Waals surface area (Å²) < 4.78 is 1.54. The summed E-state index contributed by atoms with van der Waals surface area (Å²) in [7, 11) is 4.01. The van der Waals surface area contributed by atoms with E-state index >= 15 is 0 Å². The van der Waals surface area contributed by atoms with Crippen LogP contribution >= 0.6 is 0 Å². The van der Waals surface area contributed by atoms with Crippen molar-refractivity contribution in [2.45, 2.75) is 0 Å². The first-order valence-electron chi connectivity index (χ1n) is 8.46. The Hall–Kier alpha value is -3.74. The summed E-state index contributed by atoms with van der Waals surface area (Å²) in [6, 6.07) is 19.2. The van der Waals surface area contributed by atoms with Crippen LogP contribution in [0, 0.1) is 0 Å². The van der Waals surface area contributed by atoms with Crippen LogP contribution in [0.2, 0.25) is 0 Å². The maximum atomic E-state index is 12.7. The summed E-state index contributed by atoms with van der Waals surface area (Å²) >= 11 is 0. The van der Waals surface area contributed by atoms with Crippen LogP contribution in [0.25, 0.3) is 16.5 Å². The van der Waals surface area contributed by atoms with Crippen LogP contribution in [0.5, 0.6) is 0 Å². The Kier molecular flexibility index (Phi) is 4.25. The molecule has 1 heterocycles. The zero-order valence-electron chi connectivity index (χ0n) is 15.0. The Morgan fingerprint density at radius 2 is 1.81 bits per heavy atom. The predicted molar refractivity (Wildman–Crippen MR) is 105 cm³/mol. The van der Waals surface area contributed by atoms with Crippen molar-refractivity contribution in [2.24, 2.45) is 0 Å². The topological polar surface area (TPSA) is 75.9 Å². The SMILES string of the molecule is CN(C)c1ccc2cc(C(=O)Nc3cccc(-n4cnnn4)c3)ccc2c1. The molecule has 0 aliphatic heterocycles. The van der Waals surface area contributed by atoms with Gasteiger partial charge in [-0.2, -0.15) is 0 Å². The number of carbonyl (C=O) groups is 1. The van der Waals surface area contributed by atoms with Crippen LogP contribution in [-0.4, -0.2) is 40.2 Å². The Bertz CT molecular complexity index is 1100. The number of amides is 1. The van der Waals surface area contributed by atoms with Gasteiger partial charge in [0.05, 0.1) is 5.69 Å². The lowest BCUT2D eigenvalue weighted by atomic mass is 10.1. The van der Waals surface area contributed by atoms with Crippen LogP contribution in [0.4, 0.5) is 11.4 Å². The predicted octanol–water partition coefficient (Wildman–Crippen LogP) is 3.13. The first-order valence-corrected chi connectivity index (χ1v) is 8.46. The van der Waals surface area contributed by atoms with Crippen LogP contribution in [0.3, 0.4) is 0 Å². The summed E-state index contributed by atoms with van der Waals surface area (Å²) in [5, 5.41) is 16.2. The van der Waals surface area contributed by atoms with Crippen molar-refractivity contribution in [3.63, 3.8) is 0 Å². The lowest BCUT2D eigenvalue weighted by Gasteiger charge is -2.13. The van der Waals surface area contributed by atoms with Crippen LogP contribution in [0.1, 0.15) is 10.4 Å². The number of nitrogens with zero attached hydrogens (tertiary/aromatic N) is 5. The number of carbonyl (C=O) groups excluding carboxylic acids is 1. The number of rotatable bonds is 4. The van der Waals surface area contributed by atoms with E-state index < -0.39 is 0 Å². The summed E-state index contributed by atoms with van der Waals surface area (Å²) in [5.74, 6) is -0.164. The van der Waals surface area contributed by atoms with Gasteiger partial charge in [-0.15, -0.1) is 5.10 Å². The van der Waals surface area contributed by atoms with Gasteiger partial charge in [0.25, 0.3) is 5.91 Å². The molecular formula is C20H18N6O. The third-order valence-corrected chi connectivity index (χ3v) is 4.32. The molecule has 0 aliphatic carbocycles. The number of aromatic nitrogens is 4. The van der Waals surface area contributed by atoms with Crippen molar-refractivity contribution in [3.05, 3.63) is 72.6 Å². The summed E-state index contributed by atoms with van der Waals surface area (Å²) in [6.07, 6.45) is 1.51. The third kappa shape index (κ3) is 3.48. The second kappa shape index (κ2) is 6.87. The quantitative estimate of drug-likeness (QED) is 0.606. The average molecular weight is 358 g/mol. The van der Waals surface area contributed by atoms with E-state index in [2.05, 4.69) is 31.8 Å². The van der Waals surface area contributed by atoms with Gasteiger partial charge in [0.1, 0.15) is 6.33 Å². The highest BCUT2D eigenvalue weighted by atomic mass is 16.1. The number of fused-ring (bicyclic) bond motifs is 1. The molecule has 7 nitrogen and oxygen atoms in total. The molecule has 0 fully saturated rings. The standard InChI is InChI=1S/C20H18N6O/c1-25(2)18-9-8-14-10-16(7-6-15(14)11-18)20(27)22-17-4-3-5-19(12-17)26-13-21-23-24-26/h3-13H,1-2H3,(H,22,27). The number of tetrazole rings is 1. The first kappa shape index (κ1) is 16.7. The second-order valence-corrected chi connectivity index (χ2v) is 6.40. The van der Waals surface area contributed by atoms with E-state index in [9.17, 15) is 4.79 Å². The lowest BCUT2D eigenvalue weighted by Crippen LogP contribution is -2.12. The molecule has 0 spiro atoms. The van der Waals surface area contributed by atoms with Gasteiger partial charge in [0.15, 0.2) is 0 Å². The minimum Gasteiger partial charge on any atom is -0.378 e. The van der Waals surface area contributed by atoms with Crippen molar-refractivity contribution in [1.29, 1.82) is 0 Å². The van der Waals surface area contributed by atoms with Gasteiger partial charge in [-0.25, -0.2) is 4.68 Å². The van der Waals surface area contributed by atoms with Crippen molar-refractivity contribution >= 4 is 28.1 Å². The molecule has 0 atom stereocenters. The van der Waals surface area contributed by atoms with E-state index in [0.29, 0.717) is 11.3 Å². The largest absolute Gasteiger partial charge is 0.378 e. The minimum atomic E-state index is -0.164. The molecule has 1 aromatic heterocycles. The van der Waals surface area contributed by atoms with Crippen molar-refractivity contribution < 1.29 is 4.79 Å². The molecule has 27 heavy (non-hydrogen) atoms. The number of hydrogen-bond donors (Lipinski definition) is 1. The number of nitrogens with one attached hydrogen (secondary N) is 1. The Morgan fingerprint density at radius 1 is 1.00 bits per heavy atom. The van der Waals surface area contributed by atoms with Crippen LogP contribution in [-0.2, 0) is 0 Å². The molecule has 0 unspecified atom stereocenters. The summed E-state index contributed by atoms with van der Waals surface area (Å²) in [5.41, 5.74) is 3.18. The molecule has 4 aromatic rings. The maximum Gasteiger partial charge on any atom is 0.255 e. The Labute approximate surface area is 156 Å². The molecule has 3 aromatic carbocycles. The molecule has 7 heteroatoms. The van der Waals surface area contributed by atoms with Gasteiger partial charge >= 0.3 is 0 Å². The van der Waals surface area contributed by atoms with Gasteiger partial charge in [0.2, 0.25) is 0 Å². The summed E-state index contributed by atoms with van der Waals surface area (Å²) in [6.45, 7) is 0. The third-order valence-electron chi connectivity index (χ3n) is 4.32. The van der Waals surface area contributed by atoms with Crippen LogP contribution in [0.15, 0.2) is 67.0 Å². The number of benzene rings is 3.